The number of aromatic nitrogens is 1. The van der Waals surface area contributed by atoms with E-state index in [9.17, 15) is 0 Å². The molecule has 0 aliphatic carbocycles. The normalized spacial score (nSPS) is 27.5. The van der Waals surface area contributed by atoms with E-state index in [1.165, 1.54) is 0 Å². The Morgan fingerprint density at radius 3 is 2.33 bits per heavy atom. The molecule has 2 fully saturated rings. The zero-order valence-electron chi connectivity index (χ0n) is 8.50. The van der Waals surface area contributed by atoms with E-state index in [0.717, 1.165) is 32.1 Å². The minimum Gasteiger partial charge on any atom is -0.371 e. The molecule has 4 heteroatoms. The van der Waals surface area contributed by atoms with Crippen molar-refractivity contribution in [2.75, 3.05) is 31.2 Å². The largest absolute Gasteiger partial charge is 0.371 e. The molecule has 0 spiro atoms. The molecule has 4 nitrogen and oxygen atoms in total. The fourth-order valence-corrected chi connectivity index (χ4v) is 1.64. The smallest absolute Gasteiger partial charge is 0.128 e. The van der Waals surface area contributed by atoms with Gasteiger partial charge in [-0.1, -0.05) is 6.07 Å². The van der Waals surface area contributed by atoms with Crippen LogP contribution in [0.25, 0.3) is 0 Å². The van der Waals surface area contributed by atoms with Crippen LogP contribution in [0.4, 0.5) is 5.82 Å². The first kappa shape index (κ1) is 9.12. The molecule has 2 unspecified atom stereocenters. The molecule has 0 bridgehead atoms. The fourth-order valence-electron chi connectivity index (χ4n) is 1.64. The Balaban J connectivity index is 1.69. The van der Waals surface area contributed by atoms with Gasteiger partial charge in [0.15, 0.2) is 0 Å². The molecule has 80 valence electrons. The quantitative estimate of drug-likeness (QED) is 0.664. The summed E-state index contributed by atoms with van der Waals surface area (Å²) in [6.45, 7) is 3.62. The number of hydrogen-bond acceptors (Lipinski definition) is 4. The minimum absolute atomic E-state index is 0.394. The monoisotopic (exact) mass is 206 g/mol. The van der Waals surface area contributed by atoms with Gasteiger partial charge < -0.3 is 14.4 Å². The zero-order valence-corrected chi connectivity index (χ0v) is 8.50. The molecule has 0 N–H and O–H groups in total. The Morgan fingerprint density at radius 1 is 1.20 bits per heavy atom. The first-order valence-corrected chi connectivity index (χ1v) is 5.31. The molecule has 2 atom stereocenters. The van der Waals surface area contributed by atoms with Crippen molar-refractivity contribution in [1.29, 1.82) is 0 Å². The molecule has 0 aromatic carbocycles. The van der Waals surface area contributed by atoms with Crippen LogP contribution in [0.5, 0.6) is 0 Å². The highest BCUT2D eigenvalue weighted by Crippen LogP contribution is 2.20. The number of pyridine rings is 1. The molecule has 0 radical (unpaired) electrons. The van der Waals surface area contributed by atoms with Crippen molar-refractivity contribution in [3.63, 3.8) is 0 Å². The van der Waals surface area contributed by atoms with Crippen LogP contribution in [0.1, 0.15) is 0 Å². The van der Waals surface area contributed by atoms with Gasteiger partial charge in [0.05, 0.1) is 25.4 Å². The second-order valence-corrected chi connectivity index (χ2v) is 4.00. The molecule has 1 aromatic heterocycles. The van der Waals surface area contributed by atoms with Crippen molar-refractivity contribution in [3.8, 4) is 0 Å². The van der Waals surface area contributed by atoms with Crippen LogP contribution in [0.2, 0.25) is 0 Å². The summed E-state index contributed by atoms with van der Waals surface area (Å²) in [6, 6.07) is 5.98. The van der Waals surface area contributed by atoms with Gasteiger partial charge in [-0.15, -0.1) is 0 Å². The number of nitrogens with zero attached hydrogens (tertiary/aromatic N) is 2. The van der Waals surface area contributed by atoms with Crippen molar-refractivity contribution >= 4 is 5.82 Å². The number of epoxide rings is 2. The summed E-state index contributed by atoms with van der Waals surface area (Å²) in [5, 5.41) is 0. The Labute approximate surface area is 88.8 Å². The van der Waals surface area contributed by atoms with Crippen molar-refractivity contribution in [2.45, 2.75) is 12.2 Å². The van der Waals surface area contributed by atoms with Gasteiger partial charge in [0, 0.05) is 19.3 Å². The molecule has 3 rings (SSSR count). The third-order valence-corrected chi connectivity index (χ3v) is 2.63. The Bertz CT molecular complexity index is 309. The molecular weight excluding hydrogens is 192 g/mol. The van der Waals surface area contributed by atoms with Crippen LogP contribution in [-0.4, -0.2) is 43.5 Å². The molecule has 0 saturated carbocycles. The molecule has 2 aliphatic heterocycles. The minimum atomic E-state index is 0.394. The summed E-state index contributed by atoms with van der Waals surface area (Å²) in [5.41, 5.74) is 0. The topological polar surface area (TPSA) is 41.2 Å². The van der Waals surface area contributed by atoms with E-state index in [0.29, 0.717) is 12.2 Å². The van der Waals surface area contributed by atoms with Crippen molar-refractivity contribution in [3.05, 3.63) is 24.4 Å². The third kappa shape index (κ3) is 2.46. The Hall–Kier alpha value is -1.13. The summed E-state index contributed by atoms with van der Waals surface area (Å²) >= 11 is 0. The van der Waals surface area contributed by atoms with Crippen LogP contribution < -0.4 is 4.90 Å². The molecule has 2 aliphatic rings. The second kappa shape index (κ2) is 3.79. The van der Waals surface area contributed by atoms with E-state index >= 15 is 0 Å². The first-order valence-electron chi connectivity index (χ1n) is 5.31. The highest BCUT2D eigenvalue weighted by atomic mass is 16.6. The van der Waals surface area contributed by atoms with Gasteiger partial charge in [-0.2, -0.15) is 0 Å². The number of rotatable bonds is 5. The molecule has 1 aromatic rings. The van der Waals surface area contributed by atoms with Crippen LogP contribution in [0, 0.1) is 0 Å². The molecule has 2 saturated heterocycles. The van der Waals surface area contributed by atoms with Gasteiger partial charge in [-0.3, -0.25) is 0 Å². The Morgan fingerprint density at radius 2 is 1.87 bits per heavy atom. The van der Waals surface area contributed by atoms with Crippen LogP contribution >= 0.6 is 0 Å². The van der Waals surface area contributed by atoms with Gasteiger partial charge in [-0.25, -0.2) is 4.98 Å². The van der Waals surface area contributed by atoms with Gasteiger partial charge in [0.2, 0.25) is 0 Å². The highest BCUT2D eigenvalue weighted by molar-refractivity contribution is 5.38. The molecule has 0 amide bonds. The van der Waals surface area contributed by atoms with Gasteiger partial charge >= 0.3 is 0 Å². The summed E-state index contributed by atoms with van der Waals surface area (Å²) in [4.78, 5) is 6.60. The lowest BCUT2D eigenvalue weighted by molar-refractivity contribution is 0.388. The van der Waals surface area contributed by atoms with Crippen LogP contribution in [0.15, 0.2) is 24.4 Å². The van der Waals surface area contributed by atoms with Crippen LogP contribution in [0.3, 0.4) is 0 Å². The maximum absolute atomic E-state index is 5.25. The summed E-state index contributed by atoms with van der Waals surface area (Å²) in [7, 11) is 0. The van der Waals surface area contributed by atoms with Gasteiger partial charge in [-0.05, 0) is 12.1 Å². The van der Waals surface area contributed by atoms with Crippen molar-refractivity contribution < 1.29 is 9.47 Å². The first-order chi connectivity index (χ1) is 7.42. The third-order valence-electron chi connectivity index (χ3n) is 2.63. The van der Waals surface area contributed by atoms with Crippen molar-refractivity contribution in [1.82, 2.24) is 4.98 Å². The lowest BCUT2D eigenvalue weighted by Crippen LogP contribution is -2.32. The molecule has 15 heavy (non-hydrogen) atoms. The lowest BCUT2D eigenvalue weighted by atomic mass is 10.3. The average Bonchev–Trinajstić information content (AvgIpc) is 3.13. The van der Waals surface area contributed by atoms with Crippen LogP contribution in [-0.2, 0) is 9.47 Å². The number of ether oxygens (including phenoxy) is 2. The predicted octanol–water partition coefficient (Wildman–Crippen LogP) is 0.686. The average molecular weight is 206 g/mol. The lowest BCUT2D eigenvalue weighted by Gasteiger charge is -2.21. The van der Waals surface area contributed by atoms with E-state index in [1.807, 2.05) is 24.4 Å². The number of anilines is 1. The van der Waals surface area contributed by atoms with E-state index in [4.69, 9.17) is 9.47 Å². The second-order valence-electron chi connectivity index (χ2n) is 4.00. The van der Waals surface area contributed by atoms with E-state index in [1.54, 1.807) is 0 Å². The van der Waals surface area contributed by atoms with E-state index < -0.39 is 0 Å². The predicted molar refractivity (Wildman–Crippen MR) is 55.9 cm³/mol. The molecular formula is C11H14N2O2. The number of hydrogen-bond donors (Lipinski definition) is 0. The zero-order chi connectivity index (χ0) is 10.1. The Kier molecular flexibility index (Phi) is 2.31. The summed E-state index contributed by atoms with van der Waals surface area (Å²) in [5.74, 6) is 1.02. The maximum Gasteiger partial charge on any atom is 0.128 e. The van der Waals surface area contributed by atoms with E-state index in [-0.39, 0.29) is 0 Å². The highest BCUT2D eigenvalue weighted by Gasteiger charge is 2.31. The standard InChI is InChI=1S/C11H14N2O2/c1-2-4-12-11(3-1)13(5-9-7-14-9)6-10-8-15-10/h1-4,9-10H,5-8H2. The maximum atomic E-state index is 5.25. The van der Waals surface area contributed by atoms with Gasteiger partial charge in [0.1, 0.15) is 5.82 Å². The molecule has 3 heterocycles. The fraction of sp³-hybridized carbons (Fsp3) is 0.545. The van der Waals surface area contributed by atoms with Gasteiger partial charge in [0.25, 0.3) is 0 Å². The summed E-state index contributed by atoms with van der Waals surface area (Å²) < 4.78 is 10.5. The van der Waals surface area contributed by atoms with Crippen molar-refractivity contribution in [2.24, 2.45) is 0 Å². The van der Waals surface area contributed by atoms with E-state index in [2.05, 4.69) is 9.88 Å². The summed E-state index contributed by atoms with van der Waals surface area (Å²) in [6.07, 6.45) is 2.61. The SMILES string of the molecule is c1ccc(N(CC2CO2)CC2CO2)nc1.